The van der Waals surface area contributed by atoms with E-state index in [1.165, 1.54) is 77.0 Å². The number of phosphoric acid groups is 1. The molecule has 0 bridgehead atoms. The lowest BCUT2D eigenvalue weighted by Crippen LogP contribution is -2.29. The van der Waals surface area contributed by atoms with E-state index < -0.39 is 32.5 Å². The molecule has 48 heavy (non-hydrogen) atoms. The fraction of sp³-hybridized carbons (Fsp3) is 0.795. The first-order valence-corrected chi connectivity index (χ1v) is 20.8. The predicted molar refractivity (Wildman–Crippen MR) is 198 cm³/mol. The largest absolute Gasteiger partial charge is 0.469 e. The van der Waals surface area contributed by atoms with Crippen LogP contribution in [0, 0.1) is 0 Å². The molecule has 1 atom stereocenters. The molecular weight excluding hydrogens is 627 g/mol. The predicted octanol–water partition coefficient (Wildman–Crippen LogP) is 11.4. The first-order valence-electron chi connectivity index (χ1n) is 19.3. The molecule has 0 heterocycles. The molecule has 0 saturated carbocycles. The molecule has 0 unspecified atom stereocenters. The highest BCUT2D eigenvalue weighted by Crippen LogP contribution is 2.36. The van der Waals surface area contributed by atoms with Crippen LogP contribution in [0.5, 0.6) is 0 Å². The molecule has 0 amide bonds. The normalized spacial score (nSPS) is 12.8. The number of hydrogen-bond acceptors (Lipinski definition) is 6. The SMILES string of the molecule is CC/C=C/C/C=C/C/C=C/CCCCCCCC(=O)O[C@H](COC(=O)CCCCCCCCCCCCCCCCC)COP(=O)(O)O. The zero-order chi connectivity index (χ0) is 35.4. The number of carbonyl (C=O) groups excluding carboxylic acids is 2. The van der Waals surface area contributed by atoms with Gasteiger partial charge >= 0.3 is 19.8 Å². The number of hydrogen-bond donors (Lipinski definition) is 2. The van der Waals surface area contributed by atoms with Crippen molar-refractivity contribution in [1.29, 1.82) is 0 Å². The number of carbonyl (C=O) groups is 2. The van der Waals surface area contributed by atoms with Crippen LogP contribution in [0.4, 0.5) is 0 Å². The van der Waals surface area contributed by atoms with Crippen LogP contribution in [-0.4, -0.2) is 41.0 Å². The maximum atomic E-state index is 12.4. The summed E-state index contributed by atoms with van der Waals surface area (Å²) in [5.74, 6) is -0.901. The quantitative estimate of drug-likeness (QED) is 0.0290. The van der Waals surface area contributed by atoms with Crippen LogP contribution >= 0.6 is 7.82 Å². The molecule has 0 aliphatic heterocycles. The third-order valence-electron chi connectivity index (χ3n) is 8.17. The van der Waals surface area contributed by atoms with Gasteiger partial charge in [0.2, 0.25) is 0 Å². The molecule has 0 radical (unpaired) electrons. The molecule has 0 saturated heterocycles. The van der Waals surface area contributed by atoms with Crippen molar-refractivity contribution in [2.45, 2.75) is 187 Å². The second kappa shape index (κ2) is 35.1. The average Bonchev–Trinajstić information content (AvgIpc) is 3.05. The summed E-state index contributed by atoms with van der Waals surface area (Å²) in [6.07, 6.45) is 40.0. The van der Waals surface area contributed by atoms with Gasteiger partial charge < -0.3 is 19.3 Å². The molecule has 2 N–H and O–H groups in total. The Bertz CT molecular complexity index is 879. The second-order valence-electron chi connectivity index (χ2n) is 12.9. The van der Waals surface area contributed by atoms with Crippen LogP contribution in [0.1, 0.15) is 181 Å². The fourth-order valence-corrected chi connectivity index (χ4v) is 5.69. The van der Waals surface area contributed by atoms with Gasteiger partial charge in [-0.1, -0.05) is 159 Å². The third kappa shape index (κ3) is 37.1. The van der Waals surface area contributed by atoms with Crippen LogP contribution in [0.3, 0.4) is 0 Å². The molecule has 0 aliphatic rings. The molecule has 0 aromatic carbocycles. The summed E-state index contributed by atoms with van der Waals surface area (Å²) in [5.41, 5.74) is 0. The number of unbranched alkanes of at least 4 members (excludes halogenated alkanes) is 19. The van der Waals surface area contributed by atoms with E-state index in [0.29, 0.717) is 6.42 Å². The van der Waals surface area contributed by atoms with Crippen molar-refractivity contribution < 1.29 is 37.9 Å². The minimum atomic E-state index is -4.75. The highest BCUT2D eigenvalue weighted by molar-refractivity contribution is 7.46. The minimum absolute atomic E-state index is 0.194. The van der Waals surface area contributed by atoms with E-state index in [2.05, 4.69) is 54.8 Å². The lowest BCUT2D eigenvalue weighted by Gasteiger charge is -2.18. The van der Waals surface area contributed by atoms with Gasteiger partial charge in [0.15, 0.2) is 6.10 Å². The lowest BCUT2D eigenvalue weighted by molar-refractivity contribution is -0.161. The number of allylic oxidation sites excluding steroid dienone is 6. The van der Waals surface area contributed by atoms with Gasteiger partial charge in [0.25, 0.3) is 0 Å². The van der Waals surface area contributed by atoms with Crippen molar-refractivity contribution in [3.63, 3.8) is 0 Å². The highest BCUT2D eigenvalue weighted by atomic mass is 31.2. The summed E-state index contributed by atoms with van der Waals surface area (Å²) in [6, 6.07) is 0. The molecule has 0 aromatic rings. The standard InChI is InChI=1S/C39H71O8P/c1-3-5-7-9-11-13-15-17-19-21-23-25-27-29-31-33-38(40)45-35-37(36-46-48(42,43)44)47-39(41)34-32-30-28-26-24-22-20-18-16-14-12-10-8-6-4-2/h6,8,12,14,18,20,37H,3-5,7,9-11,13,15-17,19,21-36H2,1-2H3,(H2,42,43,44)/b8-6+,14-12+,20-18+/t37-/m1/s1. The molecule has 9 heteroatoms. The van der Waals surface area contributed by atoms with E-state index >= 15 is 0 Å². The summed E-state index contributed by atoms with van der Waals surface area (Å²) >= 11 is 0. The lowest BCUT2D eigenvalue weighted by atomic mass is 10.0. The van der Waals surface area contributed by atoms with Gasteiger partial charge in [0.05, 0.1) is 6.61 Å². The molecular formula is C39H71O8P. The molecule has 0 aliphatic carbocycles. The van der Waals surface area contributed by atoms with Crippen molar-refractivity contribution in [3.8, 4) is 0 Å². The van der Waals surface area contributed by atoms with Gasteiger partial charge in [0, 0.05) is 12.8 Å². The van der Waals surface area contributed by atoms with Crippen molar-refractivity contribution >= 4 is 19.8 Å². The molecule has 0 rings (SSSR count). The Morgan fingerprint density at radius 1 is 0.562 bits per heavy atom. The van der Waals surface area contributed by atoms with Crippen molar-refractivity contribution in [2.75, 3.05) is 13.2 Å². The summed E-state index contributed by atoms with van der Waals surface area (Å²) in [7, 11) is -4.75. The van der Waals surface area contributed by atoms with E-state index in [1.54, 1.807) is 0 Å². The molecule has 0 fully saturated rings. The number of ether oxygens (including phenoxy) is 2. The van der Waals surface area contributed by atoms with Gasteiger partial charge in [0.1, 0.15) is 6.61 Å². The Morgan fingerprint density at radius 3 is 1.50 bits per heavy atom. The Labute approximate surface area is 293 Å². The van der Waals surface area contributed by atoms with Gasteiger partial charge in [-0.05, 0) is 44.9 Å². The minimum Gasteiger partial charge on any atom is -0.462 e. The van der Waals surface area contributed by atoms with Crippen molar-refractivity contribution in [2.24, 2.45) is 0 Å². The van der Waals surface area contributed by atoms with E-state index in [9.17, 15) is 14.2 Å². The first kappa shape index (κ1) is 46.3. The van der Waals surface area contributed by atoms with Crippen LogP contribution in [0.15, 0.2) is 36.5 Å². The highest BCUT2D eigenvalue weighted by Gasteiger charge is 2.22. The van der Waals surface area contributed by atoms with Gasteiger partial charge in [-0.15, -0.1) is 0 Å². The van der Waals surface area contributed by atoms with Crippen molar-refractivity contribution in [1.82, 2.24) is 0 Å². The zero-order valence-corrected chi connectivity index (χ0v) is 31.5. The Hall–Kier alpha value is -1.73. The van der Waals surface area contributed by atoms with Gasteiger partial charge in [-0.25, -0.2) is 4.57 Å². The van der Waals surface area contributed by atoms with E-state index in [4.69, 9.17) is 19.3 Å². The summed E-state index contributed by atoms with van der Waals surface area (Å²) in [4.78, 5) is 42.7. The Balaban J connectivity index is 3.97. The van der Waals surface area contributed by atoms with Crippen LogP contribution < -0.4 is 0 Å². The summed E-state index contributed by atoms with van der Waals surface area (Å²) in [5, 5.41) is 0. The molecule has 0 aromatic heterocycles. The molecule has 8 nitrogen and oxygen atoms in total. The van der Waals surface area contributed by atoms with Crippen LogP contribution in [0.2, 0.25) is 0 Å². The van der Waals surface area contributed by atoms with E-state index in [1.807, 2.05) is 0 Å². The third-order valence-corrected chi connectivity index (χ3v) is 8.66. The van der Waals surface area contributed by atoms with Gasteiger partial charge in [-0.3, -0.25) is 14.1 Å². The van der Waals surface area contributed by atoms with Crippen molar-refractivity contribution in [3.05, 3.63) is 36.5 Å². The monoisotopic (exact) mass is 698 g/mol. The summed E-state index contributed by atoms with van der Waals surface area (Å²) < 4.78 is 26.3. The summed E-state index contributed by atoms with van der Waals surface area (Å²) in [6.45, 7) is 3.56. The Morgan fingerprint density at radius 2 is 1.00 bits per heavy atom. The number of esters is 2. The van der Waals surface area contributed by atoms with Gasteiger partial charge in [-0.2, -0.15) is 0 Å². The maximum Gasteiger partial charge on any atom is 0.469 e. The van der Waals surface area contributed by atoms with E-state index in [-0.39, 0.29) is 19.4 Å². The van der Waals surface area contributed by atoms with Crippen LogP contribution in [-0.2, 0) is 28.2 Å². The zero-order valence-electron chi connectivity index (χ0n) is 30.6. The van der Waals surface area contributed by atoms with E-state index in [0.717, 1.165) is 70.6 Å². The smallest absolute Gasteiger partial charge is 0.462 e. The fourth-order valence-electron chi connectivity index (χ4n) is 5.33. The molecule has 280 valence electrons. The second-order valence-corrected chi connectivity index (χ2v) is 14.1. The molecule has 0 spiro atoms. The first-order chi connectivity index (χ1) is 23.3. The number of phosphoric ester groups is 1. The maximum absolute atomic E-state index is 12.4. The number of rotatable bonds is 35. The average molecular weight is 699 g/mol. The topological polar surface area (TPSA) is 119 Å². The Kier molecular flexibility index (Phi) is 33.8. The van der Waals surface area contributed by atoms with Crippen LogP contribution in [0.25, 0.3) is 0 Å².